The number of pyridine rings is 1. The van der Waals surface area contributed by atoms with Crippen LogP contribution in [0.25, 0.3) is 11.0 Å². The van der Waals surface area contributed by atoms with E-state index in [0.29, 0.717) is 11.3 Å². The van der Waals surface area contributed by atoms with Crippen molar-refractivity contribution < 1.29 is 22.0 Å². The van der Waals surface area contributed by atoms with Gasteiger partial charge in [0.2, 0.25) is 5.78 Å². The molecule has 1 aromatic carbocycles. The van der Waals surface area contributed by atoms with Crippen molar-refractivity contribution in [3.63, 3.8) is 0 Å². The highest BCUT2D eigenvalue weighted by atomic mass is 35.5. The molecule has 1 N–H and O–H groups in total. The van der Waals surface area contributed by atoms with Crippen molar-refractivity contribution in [1.29, 1.82) is 0 Å². The molecule has 0 radical (unpaired) electrons. The van der Waals surface area contributed by atoms with Crippen molar-refractivity contribution in [3.8, 4) is 0 Å². The molecule has 2 aromatic rings. The summed E-state index contributed by atoms with van der Waals surface area (Å²) in [7, 11) is -3.89. The van der Waals surface area contributed by atoms with Gasteiger partial charge in [0.1, 0.15) is 0 Å². The minimum atomic E-state index is -3.89. The van der Waals surface area contributed by atoms with E-state index >= 15 is 0 Å². The molecule has 1 aliphatic heterocycles. The molecular formula is C19H16Cl2F2N2O3S. The van der Waals surface area contributed by atoms with Gasteiger partial charge in [0.05, 0.1) is 37.6 Å². The fourth-order valence-electron chi connectivity index (χ4n) is 3.04. The second-order valence-electron chi connectivity index (χ2n) is 6.86. The molecule has 0 fully saturated rings. The maximum absolute atomic E-state index is 13.3. The fourth-order valence-corrected chi connectivity index (χ4v) is 5.44. The van der Waals surface area contributed by atoms with Gasteiger partial charge in [-0.15, -0.1) is 0 Å². The number of sulfone groups is 1. The quantitative estimate of drug-likeness (QED) is 0.693. The Morgan fingerprint density at radius 1 is 1.24 bits per heavy atom. The molecule has 2 heterocycles. The van der Waals surface area contributed by atoms with Crippen molar-refractivity contribution in [3.05, 3.63) is 57.3 Å². The van der Waals surface area contributed by atoms with E-state index in [2.05, 4.69) is 10.3 Å². The number of hydrogen-bond acceptors (Lipinski definition) is 5. The van der Waals surface area contributed by atoms with Crippen LogP contribution in [-0.4, -0.2) is 32.2 Å². The third-order valence-corrected chi connectivity index (χ3v) is 7.94. The molecule has 154 valence electrons. The topological polar surface area (TPSA) is 76.1 Å². The molecule has 1 aliphatic rings. The molecule has 0 unspecified atom stereocenters. The predicted octanol–water partition coefficient (Wildman–Crippen LogP) is 4.80. The lowest BCUT2D eigenvalue weighted by Crippen LogP contribution is -2.33. The van der Waals surface area contributed by atoms with Gasteiger partial charge in [-0.2, -0.15) is 0 Å². The second-order valence-corrected chi connectivity index (χ2v) is 10.1. The van der Waals surface area contributed by atoms with E-state index < -0.39 is 33.3 Å². The zero-order valence-electron chi connectivity index (χ0n) is 15.3. The van der Waals surface area contributed by atoms with Gasteiger partial charge >= 0.3 is 0 Å². The Balaban J connectivity index is 2.15. The predicted molar refractivity (Wildman–Crippen MR) is 110 cm³/mol. The molecule has 0 atom stereocenters. The van der Waals surface area contributed by atoms with Crippen molar-refractivity contribution in [2.45, 2.75) is 25.0 Å². The molecule has 10 heteroatoms. The highest BCUT2D eigenvalue weighted by Gasteiger charge is 2.44. The van der Waals surface area contributed by atoms with E-state index in [1.807, 2.05) is 0 Å². The number of halogens is 4. The van der Waals surface area contributed by atoms with Gasteiger partial charge in [0.25, 0.3) is 6.43 Å². The van der Waals surface area contributed by atoms with Crippen LogP contribution in [0.2, 0.25) is 10.0 Å². The lowest BCUT2D eigenvalue weighted by molar-refractivity contribution is -0.127. The lowest BCUT2D eigenvalue weighted by atomic mass is 9.99. The Morgan fingerprint density at radius 3 is 2.59 bits per heavy atom. The Bertz CT molecular complexity index is 1130. The summed E-state index contributed by atoms with van der Waals surface area (Å²) in [6.07, 6.45) is -0.181. The number of nitrogens with zero attached hydrogens (tertiary/aromatic N) is 1. The zero-order valence-corrected chi connectivity index (χ0v) is 17.7. The Hall–Kier alpha value is -2.03. The number of Topliss-reactive ketones (excluding diaryl/α,β-unsaturated/α-hetero) is 1. The molecule has 0 bridgehead atoms. The number of rotatable bonds is 5. The van der Waals surface area contributed by atoms with Crippen LogP contribution in [0, 0.1) is 0 Å². The summed E-state index contributed by atoms with van der Waals surface area (Å²) in [5, 5.41) is 2.45. The van der Waals surface area contributed by atoms with Crippen LogP contribution in [0.3, 0.4) is 0 Å². The van der Waals surface area contributed by atoms with Gasteiger partial charge in [0.15, 0.2) is 9.84 Å². The van der Waals surface area contributed by atoms with Gasteiger partial charge in [-0.05, 0) is 37.6 Å². The van der Waals surface area contributed by atoms with Crippen LogP contribution in [0.1, 0.15) is 30.7 Å². The zero-order chi connectivity index (χ0) is 21.6. The number of hydrogen-bond donors (Lipinski definition) is 1. The third-order valence-electron chi connectivity index (χ3n) is 4.76. The maximum atomic E-state index is 13.3. The van der Waals surface area contributed by atoms with E-state index in [-0.39, 0.29) is 26.2 Å². The summed E-state index contributed by atoms with van der Waals surface area (Å²) < 4.78 is 50.4. The second kappa shape index (κ2) is 7.66. The summed E-state index contributed by atoms with van der Waals surface area (Å²) in [5.74, 6) is -1.34. The number of ketones is 1. The van der Waals surface area contributed by atoms with E-state index in [4.69, 9.17) is 23.2 Å². The molecule has 0 saturated carbocycles. The van der Waals surface area contributed by atoms with Crippen molar-refractivity contribution >= 4 is 55.5 Å². The number of anilines is 1. The number of fused-ring (bicyclic) bond motifs is 1. The first-order chi connectivity index (χ1) is 13.5. The van der Waals surface area contributed by atoms with Crippen LogP contribution < -0.4 is 5.32 Å². The largest absolute Gasteiger partial charge is 0.375 e. The number of aromatic nitrogens is 1. The monoisotopic (exact) mass is 460 g/mol. The van der Waals surface area contributed by atoms with Gasteiger partial charge in [-0.25, -0.2) is 17.2 Å². The number of benzene rings is 1. The molecule has 0 aliphatic carbocycles. The van der Waals surface area contributed by atoms with Crippen molar-refractivity contribution in [2.75, 3.05) is 11.9 Å². The van der Waals surface area contributed by atoms with Gasteiger partial charge in [-0.1, -0.05) is 35.3 Å². The number of nitrogens with one attached hydrogen (secondary N) is 1. The smallest absolute Gasteiger partial charge is 0.297 e. The first-order valence-electron chi connectivity index (χ1n) is 8.43. The van der Waals surface area contributed by atoms with E-state index in [1.54, 1.807) is 32.2 Å². The minimum Gasteiger partial charge on any atom is -0.375 e. The lowest BCUT2D eigenvalue weighted by Gasteiger charge is -2.32. The molecule has 1 aromatic heterocycles. The highest BCUT2D eigenvalue weighted by molar-refractivity contribution is 8.01. The molecule has 0 spiro atoms. The Labute approximate surface area is 176 Å². The summed E-state index contributed by atoms with van der Waals surface area (Å²) in [6, 6.07) is 6.17. The van der Waals surface area contributed by atoms with Crippen LogP contribution in [0.4, 0.5) is 14.5 Å². The number of carbonyl (C=O) groups excluding carboxylic acids is 1. The maximum Gasteiger partial charge on any atom is 0.297 e. The average molecular weight is 461 g/mol. The molecule has 0 saturated heterocycles. The van der Waals surface area contributed by atoms with Gasteiger partial charge in [-0.3, -0.25) is 9.78 Å². The first kappa shape index (κ1) is 21.7. The molecule has 0 amide bonds. The van der Waals surface area contributed by atoms with E-state index in [0.717, 1.165) is 0 Å². The first-order valence-corrected chi connectivity index (χ1v) is 10.7. The average Bonchev–Trinajstić information content (AvgIpc) is 2.65. The SMILES string of the molecule is CC1(C)c2cccnc2C=C(c2ccc(Cl)c(NCC(=O)C(F)F)c2Cl)S1(=O)=O. The van der Waals surface area contributed by atoms with Crippen LogP contribution in [-0.2, 0) is 19.4 Å². The van der Waals surface area contributed by atoms with Crippen LogP contribution >= 0.6 is 23.2 Å². The fraction of sp³-hybridized carbons (Fsp3) is 0.263. The Kier molecular flexibility index (Phi) is 5.73. The normalized spacial score (nSPS) is 16.9. The molecule has 3 rings (SSSR count). The summed E-state index contributed by atoms with van der Waals surface area (Å²) in [6.45, 7) is 2.43. The van der Waals surface area contributed by atoms with Crippen LogP contribution in [0.15, 0.2) is 30.5 Å². The van der Waals surface area contributed by atoms with E-state index in [1.165, 1.54) is 18.2 Å². The van der Waals surface area contributed by atoms with E-state index in [9.17, 15) is 22.0 Å². The van der Waals surface area contributed by atoms with Crippen LogP contribution in [0.5, 0.6) is 0 Å². The van der Waals surface area contributed by atoms with Gasteiger partial charge < -0.3 is 5.32 Å². The van der Waals surface area contributed by atoms with Gasteiger partial charge in [0, 0.05) is 11.8 Å². The number of carbonyl (C=O) groups is 1. The highest BCUT2D eigenvalue weighted by Crippen LogP contribution is 2.47. The van der Waals surface area contributed by atoms with Crippen molar-refractivity contribution in [2.24, 2.45) is 0 Å². The third kappa shape index (κ3) is 3.65. The Morgan fingerprint density at radius 2 is 1.93 bits per heavy atom. The standard InChI is InChI=1S/C19H16Cl2F2N2O3S/c1-19(2)11-4-3-7-24-13(11)8-15(29(19,27)28)10-5-6-12(20)17(16(10)21)25-9-14(26)18(22)23/h3-8,18,25H,9H2,1-2H3. The molecule has 5 nitrogen and oxygen atoms in total. The molecule has 29 heavy (non-hydrogen) atoms. The summed E-state index contributed by atoms with van der Waals surface area (Å²) in [5.41, 5.74) is 1.17. The summed E-state index contributed by atoms with van der Waals surface area (Å²) >= 11 is 12.5. The minimum absolute atomic E-state index is 0.000516. The van der Waals surface area contributed by atoms with Crippen molar-refractivity contribution in [1.82, 2.24) is 4.98 Å². The molecular weight excluding hydrogens is 445 g/mol. The summed E-state index contributed by atoms with van der Waals surface area (Å²) in [4.78, 5) is 15.4. The number of alkyl halides is 2.